The minimum absolute atomic E-state index is 0.262. The second kappa shape index (κ2) is 10.3. The zero-order chi connectivity index (χ0) is 22.6. The Morgan fingerprint density at radius 2 is 1.25 bits per heavy atom. The second-order valence-electron chi connectivity index (χ2n) is 10.1. The van der Waals surface area contributed by atoms with Crippen molar-refractivity contribution in [1.82, 2.24) is 0 Å². The van der Waals surface area contributed by atoms with Gasteiger partial charge in [0, 0.05) is 5.57 Å². The van der Waals surface area contributed by atoms with E-state index in [-0.39, 0.29) is 17.4 Å². The number of carboxylic acids is 1. The number of carboxylic acid groups (broad SMARTS) is 1. The van der Waals surface area contributed by atoms with Crippen LogP contribution in [0.15, 0.2) is 11.6 Å². The van der Waals surface area contributed by atoms with E-state index in [1.165, 1.54) is 0 Å². The molecule has 0 heterocycles. The van der Waals surface area contributed by atoms with E-state index in [1.54, 1.807) is 13.0 Å². The summed E-state index contributed by atoms with van der Waals surface area (Å²) in [5.41, 5.74) is -0.0801. The average Bonchev–Trinajstić information content (AvgIpc) is 2.38. The van der Waals surface area contributed by atoms with Crippen LogP contribution in [0, 0.1) is 0 Å². The lowest BCUT2D eigenvalue weighted by Crippen LogP contribution is -2.67. The normalized spacial score (nSPS) is 16.8. The Kier molecular flexibility index (Phi) is 10.3. The molecule has 10 heteroatoms. The molecular formula is C18H42O6Si4. The van der Waals surface area contributed by atoms with Gasteiger partial charge in [-0.3, -0.25) is 0 Å². The van der Waals surface area contributed by atoms with Crippen molar-refractivity contribution in [3.63, 3.8) is 0 Å². The molecule has 0 fully saturated rings. The van der Waals surface area contributed by atoms with E-state index >= 15 is 0 Å². The summed E-state index contributed by atoms with van der Waals surface area (Å²) in [6, 6.07) is 0. The topological polar surface area (TPSA) is 74.2 Å². The van der Waals surface area contributed by atoms with E-state index in [0.717, 1.165) is 0 Å². The molecule has 0 aliphatic rings. The highest BCUT2D eigenvalue weighted by Crippen LogP contribution is 2.31. The van der Waals surface area contributed by atoms with Crippen LogP contribution in [-0.2, 0) is 21.9 Å². The Hall–Kier alpha value is -0.0825. The molecule has 0 saturated carbocycles. The molecule has 0 aliphatic heterocycles. The van der Waals surface area contributed by atoms with Gasteiger partial charge in [0.05, 0.1) is 6.10 Å². The fraction of sp³-hybridized carbons (Fsp3) is 0.833. The van der Waals surface area contributed by atoms with Crippen LogP contribution in [0.3, 0.4) is 0 Å². The first kappa shape index (κ1) is 27.9. The van der Waals surface area contributed by atoms with Crippen molar-refractivity contribution in [2.24, 2.45) is 0 Å². The SMILES string of the molecule is CCC(OC(C)C=C(C)C(=O)O)[Si](O[Si](C)(C)C)(O[Si](C)(C)C)O[Si](C)(C)C. The Morgan fingerprint density at radius 1 is 0.893 bits per heavy atom. The maximum absolute atomic E-state index is 11.2. The van der Waals surface area contributed by atoms with Crippen LogP contribution in [0.25, 0.3) is 0 Å². The van der Waals surface area contributed by atoms with Crippen LogP contribution in [0.2, 0.25) is 58.9 Å². The highest BCUT2D eigenvalue weighted by Gasteiger charge is 2.56. The van der Waals surface area contributed by atoms with Gasteiger partial charge in [-0.1, -0.05) is 6.92 Å². The summed E-state index contributed by atoms with van der Waals surface area (Å²) in [5.74, 6) is -0.943. The first-order chi connectivity index (χ1) is 12.3. The minimum atomic E-state index is -3.19. The number of hydrogen-bond acceptors (Lipinski definition) is 5. The van der Waals surface area contributed by atoms with Crippen molar-refractivity contribution < 1.29 is 27.0 Å². The molecule has 0 aromatic carbocycles. The van der Waals surface area contributed by atoms with Crippen LogP contribution >= 0.6 is 0 Å². The summed E-state index contributed by atoms with van der Waals surface area (Å²) >= 11 is 0. The van der Waals surface area contributed by atoms with E-state index in [0.29, 0.717) is 6.42 Å². The number of carbonyl (C=O) groups is 1. The molecule has 0 saturated heterocycles. The zero-order valence-corrected chi connectivity index (χ0v) is 23.9. The van der Waals surface area contributed by atoms with Crippen molar-refractivity contribution in [2.45, 2.75) is 97.9 Å². The van der Waals surface area contributed by atoms with E-state index in [9.17, 15) is 4.79 Å². The molecule has 166 valence electrons. The van der Waals surface area contributed by atoms with Crippen LogP contribution in [0.1, 0.15) is 27.2 Å². The molecule has 0 bridgehead atoms. The third-order valence-electron chi connectivity index (χ3n) is 3.31. The molecule has 0 aromatic rings. The maximum Gasteiger partial charge on any atom is 0.500 e. The molecule has 0 amide bonds. The summed E-state index contributed by atoms with van der Waals surface area (Å²) in [5, 5.41) is 9.17. The molecule has 0 radical (unpaired) electrons. The first-order valence-corrected chi connectivity index (χ1v) is 22.0. The molecule has 28 heavy (non-hydrogen) atoms. The molecule has 1 N–H and O–H groups in total. The zero-order valence-electron chi connectivity index (χ0n) is 19.9. The van der Waals surface area contributed by atoms with Gasteiger partial charge in [-0.2, -0.15) is 0 Å². The number of aliphatic carboxylic acids is 1. The fourth-order valence-corrected chi connectivity index (χ4v) is 17.0. The Bertz CT molecular complexity index is 505. The lowest BCUT2D eigenvalue weighted by molar-refractivity contribution is -0.132. The minimum Gasteiger partial charge on any atom is -0.478 e. The average molecular weight is 467 g/mol. The molecule has 0 aliphatic carbocycles. The van der Waals surface area contributed by atoms with Gasteiger partial charge in [-0.25, -0.2) is 4.79 Å². The molecule has 6 nitrogen and oxygen atoms in total. The molecular weight excluding hydrogens is 425 g/mol. The lowest BCUT2D eigenvalue weighted by Gasteiger charge is -2.46. The van der Waals surface area contributed by atoms with E-state index < -0.39 is 39.7 Å². The monoisotopic (exact) mass is 466 g/mol. The van der Waals surface area contributed by atoms with Crippen molar-refractivity contribution in [1.29, 1.82) is 0 Å². The molecule has 0 aromatic heterocycles. The Morgan fingerprint density at radius 3 is 1.50 bits per heavy atom. The maximum atomic E-state index is 11.2. The highest BCUT2D eigenvalue weighted by atomic mass is 28.5. The predicted octanol–water partition coefficient (Wildman–Crippen LogP) is 5.23. The number of rotatable bonds is 12. The molecule has 2 unspecified atom stereocenters. The Balaban J connectivity index is 6.17. The smallest absolute Gasteiger partial charge is 0.478 e. The van der Waals surface area contributed by atoms with Gasteiger partial charge in [0.1, 0.15) is 5.73 Å². The number of hydrogen-bond donors (Lipinski definition) is 1. The van der Waals surface area contributed by atoms with Gasteiger partial charge in [-0.05, 0) is 85.3 Å². The van der Waals surface area contributed by atoms with Crippen LogP contribution < -0.4 is 0 Å². The number of ether oxygens (including phenoxy) is 1. The summed E-state index contributed by atoms with van der Waals surface area (Å²) in [7, 11) is -9.20. The van der Waals surface area contributed by atoms with Crippen LogP contribution in [0.5, 0.6) is 0 Å². The summed E-state index contributed by atoms with van der Waals surface area (Å²) in [4.78, 5) is 11.2. The van der Waals surface area contributed by atoms with Gasteiger partial charge in [0.15, 0.2) is 25.0 Å². The predicted molar refractivity (Wildman–Crippen MR) is 125 cm³/mol. The highest BCUT2D eigenvalue weighted by molar-refractivity contribution is 6.90. The second-order valence-corrected chi connectivity index (χ2v) is 27.1. The molecule has 2 atom stereocenters. The lowest BCUT2D eigenvalue weighted by atomic mass is 10.2. The van der Waals surface area contributed by atoms with Gasteiger partial charge < -0.3 is 22.2 Å². The first-order valence-electron chi connectivity index (χ1n) is 9.98. The Labute approximate surface area is 176 Å². The van der Waals surface area contributed by atoms with Crippen molar-refractivity contribution in [2.75, 3.05) is 0 Å². The van der Waals surface area contributed by atoms with Gasteiger partial charge in [0.2, 0.25) is 0 Å². The summed E-state index contributed by atoms with van der Waals surface area (Å²) in [6.45, 7) is 24.7. The van der Waals surface area contributed by atoms with Gasteiger partial charge in [-0.15, -0.1) is 0 Å². The largest absolute Gasteiger partial charge is 0.500 e. The van der Waals surface area contributed by atoms with Gasteiger partial charge in [0.25, 0.3) is 0 Å². The third kappa shape index (κ3) is 11.2. The molecule has 0 rings (SSSR count). The van der Waals surface area contributed by atoms with Crippen LogP contribution in [0.4, 0.5) is 0 Å². The molecule has 0 spiro atoms. The fourth-order valence-electron chi connectivity index (χ4n) is 2.69. The van der Waals surface area contributed by atoms with E-state index in [2.05, 4.69) is 58.9 Å². The van der Waals surface area contributed by atoms with Gasteiger partial charge >= 0.3 is 14.8 Å². The summed E-state index contributed by atoms with van der Waals surface area (Å²) < 4.78 is 26.5. The van der Waals surface area contributed by atoms with Crippen molar-refractivity contribution in [3.8, 4) is 0 Å². The quantitative estimate of drug-likeness (QED) is 0.313. The third-order valence-corrected chi connectivity index (χ3v) is 15.4. The van der Waals surface area contributed by atoms with E-state index in [1.807, 2.05) is 13.8 Å². The standard InChI is InChI=1S/C18H42O6Si4/c1-13-17(21-16(3)14-15(2)18(19)20)28(22-25(4,5)6,23-26(7,8)9)24-27(10,11)12/h14,16-17H,13H2,1-12H3,(H,19,20). The van der Waals surface area contributed by atoms with E-state index in [4.69, 9.17) is 22.2 Å². The van der Waals surface area contributed by atoms with Crippen LogP contribution in [-0.4, -0.2) is 56.7 Å². The van der Waals surface area contributed by atoms with Crippen molar-refractivity contribution in [3.05, 3.63) is 11.6 Å². The van der Waals surface area contributed by atoms with Crippen molar-refractivity contribution >= 4 is 39.7 Å². The summed E-state index contributed by atoms with van der Waals surface area (Å²) in [6.07, 6.45) is 1.92.